The van der Waals surface area contributed by atoms with Crippen LogP contribution in [0, 0.1) is 12.7 Å². The van der Waals surface area contributed by atoms with Crippen LogP contribution in [0.4, 0.5) is 15.8 Å². The van der Waals surface area contributed by atoms with Crippen LogP contribution in [0.15, 0.2) is 72.3 Å². The molecule has 3 aromatic rings. The minimum atomic E-state index is -0.987. The second-order valence-corrected chi connectivity index (χ2v) is 8.66. The summed E-state index contributed by atoms with van der Waals surface area (Å²) in [5.41, 5.74) is 2.33. The third-order valence-electron chi connectivity index (χ3n) is 6.15. The smallest absolute Gasteiger partial charge is 0.337 e. The summed E-state index contributed by atoms with van der Waals surface area (Å²) >= 11 is 0. The Labute approximate surface area is 208 Å². The van der Waals surface area contributed by atoms with Crippen molar-refractivity contribution in [1.29, 1.82) is 0 Å². The van der Waals surface area contributed by atoms with E-state index in [-0.39, 0.29) is 28.0 Å². The molecule has 184 valence electrons. The van der Waals surface area contributed by atoms with Crippen LogP contribution in [-0.4, -0.2) is 44.0 Å². The van der Waals surface area contributed by atoms with Gasteiger partial charge in [-0.3, -0.25) is 14.5 Å². The third-order valence-corrected chi connectivity index (χ3v) is 6.15. The predicted octanol–water partition coefficient (Wildman–Crippen LogP) is 4.61. The fraction of sp³-hybridized carbons (Fsp3) is 0.179. The van der Waals surface area contributed by atoms with Gasteiger partial charge >= 0.3 is 5.97 Å². The average molecular weight is 489 g/mol. The molecule has 0 saturated carbocycles. The van der Waals surface area contributed by atoms with Crippen LogP contribution in [0.1, 0.15) is 33.1 Å². The van der Waals surface area contributed by atoms with E-state index >= 15 is 0 Å². The zero-order valence-electron chi connectivity index (χ0n) is 20.3. The monoisotopic (exact) mass is 488 g/mol. The molecule has 0 spiro atoms. The number of hydrogen-bond acceptors (Lipinski definition) is 6. The minimum Gasteiger partial charge on any atom is -0.507 e. The molecule has 36 heavy (non-hydrogen) atoms. The molecule has 0 aromatic heterocycles. The zero-order chi connectivity index (χ0) is 26.1. The molecule has 0 radical (unpaired) electrons. The molecule has 1 N–H and O–H groups in total. The van der Waals surface area contributed by atoms with Crippen molar-refractivity contribution in [1.82, 2.24) is 0 Å². The van der Waals surface area contributed by atoms with E-state index in [1.54, 1.807) is 31.2 Å². The summed E-state index contributed by atoms with van der Waals surface area (Å²) in [6, 6.07) is 16.4. The minimum absolute atomic E-state index is 0.132. The normalized spacial score (nSPS) is 16.8. The predicted molar refractivity (Wildman–Crippen MR) is 134 cm³/mol. The van der Waals surface area contributed by atoms with Gasteiger partial charge in [-0.05, 0) is 66.6 Å². The first-order chi connectivity index (χ1) is 17.1. The van der Waals surface area contributed by atoms with Crippen molar-refractivity contribution >= 4 is 34.8 Å². The van der Waals surface area contributed by atoms with Crippen LogP contribution in [0.5, 0.6) is 0 Å². The summed E-state index contributed by atoms with van der Waals surface area (Å²) in [7, 11) is 5.02. The number of hydrogen-bond donors (Lipinski definition) is 1. The maximum absolute atomic E-state index is 13.9. The quantitative estimate of drug-likeness (QED) is 0.244. The van der Waals surface area contributed by atoms with Crippen LogP contribution in [0.25, 0.3) is 5.76 Å². The van der Waals surface area contributed by atoms with Gasteiger partial charge in [-0.2, -0.15) is 0 Å². The van der Waals surface area contributed by atoms with Crippen LogP contribution in [0.3, 0.4) is 0 Å². The molecule has 7 nitrogen and oxygen atoms in total. The number of aliphatic hydroxyl groups is 1. The molecule has 1 unspecified atom stereocenters. The van der Waals surface area contributed by atoms with Crippen molar-refractivity contribution in [3.63, 3.8) is 0 Å². The number of carbonyl (C=O) groups excluding carboxylic acids is 3. The molecule has 1 heterocycles. The molecular formula is C28H25FN2O5. The van der Waals surface area contributed by atoms with Crippen LogP contribution < -0.4 is 9.80 Å². The SMILES string of the molecule is COC(=O)c1cccc(N2C(=O)C(=O)/C(=C(/O)c3ccc(F)c(C)c3)C2c2ccc(N(C)C)cc2)c1. The van der Waals surface area contributed by atoms with Crippen molar-refractivity contribution in [3.8, 4) is 0 Å². The van der Waals surface area contributed by atoms with Gasteiger partial charge < -0.3 is 14.7 Å². The maximum Gasteiger partial charge on any atom is 0.337 e. The molecule has 1 aliphatic heterocycles. The largest absolute Gasteiger partial charge is 0.507 e. The molecule has 4 rings (SSSR count). The molecular weight excluding hydrogens is 463 g/mol. The Balaban J connectivity index is 1.94. The number of halogens is 1. The van der Waals surface area contributed by atoms with Crippen molar-refractivity contribution in [2.24, 2.45) is 0 Å². The Morgan fingerprint density at radius 3 is 2.31 bits per heavy atom. The van der Waals surface area contributed by atoms with Crippen LogP contribution >= 0.6 is 0 Å². The van der Waals surface area contributed by atoms with Gasteiger partial charge in [0, 0.05) is 31.0 Å². The summed E-state index contributed by atoms with van der Waals surface area (Å²) in [5.74, 6) is -3.21. The topological polar surface area (TPSA) is 87.1 Å². The van der Waals surface area contributed by atoms with Crippen LogP contribution in [0.2, 0.25) is 0 Å². The fourth-order valence-electron chi connectivity index (χ4n) is 4.22. The number of anilines is 2. The molecule has 1 atom stereocenters. The van der Waals surface area contributed by atoms with Gasteiger partial charge in [-0.25, -0.2) is 9.18 Å². The van der Waals surface area contributed by atoms with Crippen molar-refractivity contribution < 1.29 is 28.6 Å². The Kier molecular flexibility index (Phi) is 6.61. The maximum atomic E-state index is 13.9. The van der Waals surface area contributed by atoms with Gasteiger partial charge in [0.25, 0.3) is 11.7 Å². The number of nitrogens with zero attached hydrogens (tertiary/aromatic N) is 2. The van der Waals surface area contributed by atoms with E-state index in [1.807, 2.05) is 31.1 Å². The summed E-state index contributed by atoms with van der Waals surface area (Å²) in [6.07, 6.45) is 0. The number of Topliss-reactive ketones (excluding diaryl/α,β-unsaturated/α-hetero) is 1. The summed E-state index contributed by atoms with van der Waals surface area (Å²) in [4.78, 5) is 41.9. The molecule has 0 aliphatic carbocycles. The van der Waals surface area contributed by atoms with E-state index in [0.29, 0.717) is 5.56 Å². The standard InChI is InChI=1S/C28H25FN2O5/c1-16-14-18(10-13-22(16)29)25(32)23-24(17-8-11-20(12-9-17)30(2)3)31(27(34)26(23)33)21-7-5-6-19(15-21)28(35)36-4/h5-15,24,32H,1-4H3/b25-23+. The second kappa shape index (κ2) is 9.65. The average Bonchev–Trinajstić information content (AvgIpc) is 3.15. The number of ketones is 1. The van der Waals surface area contributed by atoms with E-state index in [1.165, 1.54) is 42.3 Å². The molecule has 3 aromatic carbocycles. The van der Waals surface area contributed by atoms with Gasteiger partial charge in [0.2, 0.25) is 0 Å². The molecule has 1 fully saturated rings. The third kappa shape index (κ3) is 4.33. The summed E-state index contributed by atoms with van der Waals surface area (Å²) in [5, 5.41) is 11.2. The van der Waals surface area contributed by atoms with Crippen molar-refractivity contribution in [2.75, 3.05) is 31.0 Å². The Morgan fingerprint density at radius 1 is 1.00 bits per heavy atom. The number of carbonyl (C=O) groups is 3. The Hall–Kier alpha value is -4.46. The van der Waals surface area contributed by atoms with Crippen molar-refractivity contribution in [2.45, 2.75) is 13.0 Å². The highest BCUT2D eigenvalue weighted by Crippen LogP contribution is 2.42. The lowest BCUT2D eigenvalue weighted by molar-refractivity contribution is -0.132. The van der Waals surface area contributed by atoms with E-state index in [0.717, 1.165) is 5.69 Å². The van der Waals surface area contributed by atoms with E-state index in [2.05, 4.69) is 0 Å². The number of benzene rings is 3. The highest BCUT2D eigenvalue weighted by Gasteiger charge is 2.47. The Bertz CT molecular complexity index is 1400. The highest BCUT2D eigenvalue weighted by molar-refractivity contribution is 6.51. The number of methoxy groups -OCH3 is 1. The van der Waals surface area contributed by atoms with Gasteiger partial charge in [-0.1, -0.05) is 18.2 Å². The first-order valence-corrected chi connectivity index (χ1v) is 11.2. The summed E-state index contributed by atoms with van der Waals surface area (Å²) in [6.45, 7) is 1.54. The lowest BCUT2D eigenvalue weighted by atomic mass is 9.94. The lowest BCUT2D eigenvalue weighted by Crippen LogP contribution is -2.29. The van der Waals surface area contributed by atoms with E-state index in [4.69, 9.17) is 4.74 Å². The molecule has 1 saturated heterocycles. The Morgan fingerprint density at radius 2 is 1.69 bits per heavy atom. The number of aryl methyl sites for hydroxylation is 1. The number of ether oxygens (including phenoxy) is 1. The van der Waals surface area contributed by atoms with Gasteiger partial charge in [-0.15, -0.1) is 0 Å². The lowest BCUT2D eigenvalue weighted by Gasteiger charge is -2.26. The first-order valence-electron chi connectivity index (χ1n) is 11.2. The zero-order valence-corrected chi connectivity index (χ0v) is 20.3. The van der Waals surface area contributed by atoms with Crippen LogP contribution in [-0.2, 0) is 14.3 Å². The molecule has 1 aliphatic rings. The molecule has 1 amide bonds. The number of esters is 1. The first kappa shape index (κ1) is 24.7. The summed E-state index contributed by atoms with van der Waals surface area (Å²) < 4.78 is 18.7. The van der Waals surface area contributed by atoms with Gasteiger partial charge in [0.05, 0.1) is 24.3 Å². The van der Waals surface area contributed by atoms with Crippen molar-refractivity contribution in [3.05, 3.63) is 100 Å². The molecule has 8 heteroatoms. The number of rotatable bonds is 5. The van der Waals surface area contributed by atoms with E-state index < -0.39 is 35.3 Å². The fourth-order valence-corrected chi connectivity index (χ4v) is 4.22. The number of aliphatic hydroxyl groups excluding tert-OH is 1. The molecule has 0 bridgehead atoms. The van der Waals surface area contributed by atoms with E-state index in [9.17, 15) is 23.9 Å². The van der Waals surface area contributed by atoms with Gasteiger partial charge in [0.15, 0.2) is 0 Å². The van der Waals surface area contributed by atoms with Gasteiger partial charge in [0.1, 0.15) is 11.6 Å². The highest BCUT2D eigenvalue weighted by atomic mass is 19.1. The second-order valence-electron chi connectivity index (χ2n) is 8.66. The number of amides is 1.